The lowest BCUT2D eigenvalue weighted by Crippen LogP contribution is -2.44. The van der Waals surface area contributed by atoms with Crippen molar-refractivity contribution in [2.24, 2.45) is 5.73 Å². The molecule has 0 spiro atoms. The van der Waals surface area contributed by atoms with E-state index in [1.165, 1.54) is 30.5 Å². The molecule has 1 heterocycles. The van der Waals surface area contributed by atoms with Gasteiger partial charge in [0.1, 0.15) is 0 Å². The number of unbranched alkanes of at least 4 members (excludes halogenated alkanes) is 1. The molecule has 2 unspecified atom stereocenters. The summed E-state index contributed by atoms with van der Waals surface area (Å²) in [5, 5.41) is 0. The van der Waals surface area contributed by atoms with Crippen LogP contribution in [0, 0.1) is 0 Å². The minimum Gasteiger partial charge on any atom is -0.330 e. The van der Waals surface area contributed by atoms with Crippen molar-refractivity contribution in [1.29, 1.82) is 0 Å². The number of hydrogen-bond acceptors (Lipinski definition) is 2. The van der Waals surface area contributed by atoms with Crippen LogP contribution in [0.15, 0.2) is 24.3 Å². The van der Waals surface area contributed by atoms with Crippen molar-refractivity contribution in [3.05, 3.63) is 35.4 Å². The molecule has 2 N–H and O–H groups in total. The van der Waals surface area contributed by atoms with Crippen LogP contribution < -0.4 is 5.73 Å². The summed E-state index contributed by atoms with van der Waals surface area (Å²) in [4.78, 5) is 2.59. The van der Waals surface area contributed by atoms with Crippen LogP contribution in [0.25, 0.3) is 0 Å². The van der Waals surface area contributed by atoms with Gasteiger partial charge in [-0.15, -0.1) is 0 Å². The maximum absolute atomic E-state index is 5.97. The first kappa shape index (κ1) is 12.6. The summed E-state index contributed by atoms with van der Waals surface area (Å²) >= 11 is 0. The number of rotatable bonds is 4. The molecule has 17 heavy (non-hydrogen) atoms. The molecule has 0 aromatic heterocycles. The predicted octanol–water partition coefficient (Wildman–Crippen LogP) is 2.73. The van der Waals surface area contributed by atoms with Crippen molar-refractivity contribution in [3.8, 4) is 0 Å². The second-order valence-corrected chi connectivity index (χ2v) is 5.11. The van der Waals surface area contributed by atoms with Crippen molar-refractivity contribution >= 4 is 0 Å². The fraction of sp³-hybridized carbons (Fsp3) is 0.600. The van der Waals surface area contributed by atoms with Crippen molar-refractivity contribution in [3.63, 3.8) is 0 Å². The molecular formula is C15H24N2. The van der Waals surface area contributed by atoms with Gasteiger partial charge in [0, 0.05) is 25.0 Å². The molecule has 94 valence electrons. The van der Waals surface area contributed by atoms with Crippen LogP contribution in [0.5, 0.6) is 0 Å². The average Bonchev–Trinajstić information content (AvgIpc) is 2.36. The molecule has 2 heteroatoms. The zero-order valence-electron chi connectivity index (χ0n) is 11.0. The Morgan fingerprint density at radius 3 is 2.82 bits per heavy atom. The van der Waals surface area contributed by atoms with Gasteiger partial charge in [-0.2, -0.15) is 0 Å². The molecular weight excluding hydrogens is 208 g/mol. The highest BCUT2D eigenvalue weighted by Crippen LogP contribution is 2.32. The Hall–Kier alpha value is -0.860. The maximum atomic E-state index is 5.97. The van der Waals surface area contributed by atoms with Crippen LogP contribution in [-0.4, -0.2) is 24.0 Å². The summed E-state index contributed by atoms with van der Waals surface area (Å²) < 4.78 is 0. The normalized spacial score (nSPS) is 24.6. The standard InChI is InChI=1S/C15H24N2/c1-3-4-9-17-11-13-7-5-6-8-14(13)15(10-16)12(17)2/h5-8,12,15H,3-4,9-11,16H2,1-2H3. The van der Waals surface area contributed by atoms with E-state index < -0.39 is 0 Å². The van der Waals surface area contributed by atoms with Crippen LogP contribution >= 0.6 is 0 Å². The first-order valence-corrected chi connectivity index (χ1v) is 6.79. The van der Waals surface area contributed by atoms with E-state index >= 15 is 0 Å². The van der Waals surface area contributed by atoms with E-state index in [1.807, 2.05) is 0 Å². The second-order valence-electron chi connectivity index (χ2n) is 5.11. The smallest absolute Gasteiger partial charge is 0.0239 e. The van der Waals surface area contributed by atoms with Gasteiger partial charge in [-0.05, 0) is 31.0 Å². The molecule has 0 amide bonds. The van der Waals surface area contributed by atoms with Gasteiger partial charge in [0.25, 0.3) is 0 Å². The van der Waals surface area contributed by atoms with E-state index in [-0.39, 0.29) is 0 Å². The summed E-state index contributed by atoms with van der Waals surface area (Å²) in [5.41, 5.74) is 8.91. The molecule has 0 saturated heterocycles. The summed E-state index contributed by atoms with van der Waals surface area (Å²) in [6, 6.07) is 9.35. The van der Waals surface area contributed by atoms with E-state index in [1.54, 1.807) is 0 Å². The third-order valence-electron chi connectivity index (χ3n) is 4.04. The van der Waals surface area contributed by atoms with Gasteiger partial charge < -0.3 is 5.73 Å². The maximum Gasteiger partial charge on any atom is 0.0239 e. The molecule has 1 aromatic rings. The number of fused-ring (bicyclic) bond motifs is 1. The Kier molecular flexibility index (Phi) is 4.19. The van der Waals surface area contributed by atoms with Gasteiger partial charge in [0.05, 0.1) is 0 Å². The van der Waals surface area contributed by atoms with Crippen molar-refractivity contribution in [2.75, 3.05) is 13.1 Å². The first-order valence-electron chi connectivity index (χ1n) is 6.79. The Morgan fingerprint density at radius 2 is 2.12 bits per heavy atom. The van der Waals surface area contributed by atoms with Crippen molar-refractivity contribution in [1.82, 2.24) is 4.90 Å². The zero-order valence-corrected chi connectivity index (χ0v) is 11.0. The Labute approximate surface area is 105 Å². The highest BCUT2D eigenvalue weighted by molar-refractivity contribution is 5.34. The third kappa shape index (κ3) is 2.53. The lowest BCUT2D eigenvalue weighted by Gasteiger charge is -2.40. The van der Waals surface area contributed by atoms with E-state index in [9.17, 15) is 0 Å². The first-order chi connectivity index (χ1) is 8.27. The van der Waals surface area contributed by atoms with Gasteiger partial charge in [0.2, 0.25) is 0 Å². The summed E-state index contributed by atoms with van der Waals surface area (Å²) in [6.45, 7) is 7.61. The monoisotopic (exact) mass is 232 g/mol. The molecule has 1 aliphatic rings. The fourth-order valence-electron chi connectivity index (χ4n) is 2.88. The minimum atomic E-state index is 0.497. The summed E-state index contributed by atoms with van der Waals surface area (Å²) in [6.07, 6.45) is 2.54. The molecule has 0 radical (unpaired) electrons. The molecule has 0 aliphatic carbocycles. The number of nitrogens with two attached hydrogens (primary N) is 1. The van der Waals surface area contributed by atoms with Crippen molar-refractivity contribution < 1.29 is 0 Å². The topological polar surface area (TPSA) is 29.3 Å². The Morgan fingerprint density at radius 1 is 1.35 bits per heavy atom. The van der Waals surface area contributed by atoms with Gasteiger partial charge in [-0.1, -0.05) is 37.6 Å². The van der Waals surface area contributed by atoms with Crippen LogP contribution in [0.2, 0.25) is 0 Å². The SMILES string of the molecule is CCCCN1Cc2ccccc2C(CN)C1C. The predicted molar refractivity (Wildman–Crippen MR) is 73.0 cm³/mol. The molecule has 0 saturated carbocycles. The lowest BCUT2D eigenvalue weighted by atomic mass is 9.84. The molecule has 0 fully saturated rings. The second kappa shape index (κ2) is 5.65. The van der Waals surface area contributed by atoms with Crippen LogP contribution in [0.3, 0.4) is 0 Å². The van der Waals surface area contributed by atoms with Crippen molar-refractivity contribution in [2.45, 2.75) is 45.2 Å². The molecule has 2 atom stereocenters. The average molecular weight is 232 g/mol. The summed E-state index contributed by atoms with van der Waals surface area (Å²) in [5.74, 6) is 0.497. The fourth-order valence-corrected chi connectivity index (χ4v) is 2.88. The van der Waals surface area contributed by atoms with E-state index in [0.29, 0.717) is 12.0 Å². The molecule has 1 aliphatic heterocycles. The highest BCUT2D eigenvalue weighted by atomic mass is 15.2. The van der Waals surface area contributed by atoms with E-state index in [2.05, 4.69) is 43.0 Å². The largest absolute Gasteiger partial charge is 0.330 e. The summed E-state index contributed by atoms with van der Waals surface area (Å²) in [7, 11) is 0. The van der Waals surface area contributed by atoms with Gasteiger partial charge in [-0.3, -0.25) is 4.90 Å². The number of hydrogen-bond donors (Lipinski definition) is 1. The van der Waals surface area contributed by atoms with Gasteiger partial charge in [0.15, 0.2) is 0 Å². The molecule has 0 bridgehead atoms. The van der Waals surface area contributed by atoms with E-state index in [4.69, 9.17) is 5.73 Å². The van der Waals surface area contributed by atoms with E-state index in [0.717, 1.165) is 13.1 Å². The Balaban J connectivity index is 2.22. The van der Waals surface area contributed by atoms with Gasteiger partial charge in [-0.25, -0.2) is 0 Å². The Bertz CT molecular complexity index is 362. The lowest BCUT2D eigenvalue weighted by molar-refractivity contribution is 0.157. The molecule has 2 nitrogen and oxygen atoms in total. The number of benzene rings is 1. The van der Waals surface area contributed by atoms with Gasteiger partial charge >= 0.3 is 0 Å². The highest BCUT2D eigenvalue weighted by Gasteiger charge is 2.30. The minimum absolute atomic E-state index is 0.497. The van der Waals surface area contributed by atoms with Crippen LogP contribution in [0.1, 0.15) is 43.7 Å². The van der Waals surface area contributed by atoms with Crippen LogP contribution in [0.4, 0.5) is 0 Å². The molecule has 2 rings (SSSR count). The quantitative estimate of drug-likeness (QED) is 0.865. The van der Waals surface area contributed by atoms with Crippen LogP contribution in [-0.2, 0) is 6.54 Å². The molecule has 1 aromatic carbocycles. The number of nitrogens with zero attached hydrogens (tertiary/aromatic N) is 1. The zero-order chi connectivity index (χ0) is 12.3. The third-order valence-corrected chi connectivity index (χ3v) is 4.04.